The fourth-order valence-electron chi connectivity index (χ4n) is 1.60. The van der Waals surface area contributed by atoms with Gasteiger partial charge in [-0.2, -0.15) is 11.3 Å². The molecule has 18 heavy (non-hydrogen) atoms. The summed E-state index contributed by atoms with van der Waals surface area (Å²) in [5.74, 6) is -0.822. The normalized spacial score (nSPS) is 10.4. The summed E-state index contributed by atoms with van der Waals surface area (Å²) >= 11 is 4.74. The summed E-state index contributed by atoms with van der Waals surface area (Å²) in [6, 6.07) is 6.40. The predicted octanol–water partition coefficient (Wildman–Crippen LogP) is 3.92. The van der Waals surface area contributed by atoms with Crippen LogP contribution < -0.4 is 0 Å². The lowest BCUT2D eigenvalue weighted by Gasteiger charge is -2.16. The van der Waals surface area contributed by atoms with Crippen LogP contribution >= 0.6 is 27.3 Å². The second-order valence-electron chi connectivity index (χ2n) is 3.92. The van der Waals surface area contributed by atoms with E-state index in [1.165, 1.54) is 17.0 Å². The maximum absolute atomic E-state index is 13.7. The van der Waals surface area contributed by atoms with Gasteiger partial charge in [0.15, 0.2) is 0 Å². The second-order valence-corrected chi connectivity index (χ2v) is 5.61. The zero-order valence-corrected chi connectivity index (χ0v) is 12.1. The smallest absolute Gasteiger partial charge is 0.256 e. The van der Waals surface area contributed by atoms with Crippen LogP contribution in [0.15, 0.2) is 39.5 Å². The molecule has 1 aromatic heterocycles. The lowest BCUT2D eigenvalue weighted by molar-refractivity contribution is 0.0780. The Hall–Kier alpha value is -1.20. The van der Waals surface area contributed by atoms with Crippen molar-refractivity contribution in [2.75, 3.05) is 7.05 Å². The molecule has 0 aliphatic heterocycles. The summed E-state index contributed by atoms with van der Waals surface area (Å²) in [5.41, 5.74) is 1.14. The van der Waals surface area contributed by atoms with Crippen LogP contribution in [0.5, 0.6) is 0 Å². The van der Waals surface area contributed by atoms with E-state index < -0.39 is 5.82 Å². The van der Waals surface area contributed by atoms with Crippen LogP contribution in [0.1, 0.15) is 15.9 Å². The van der Waals surface area contributed by atoms with Crippen molar-refractivity contribution in [2.24, 2.45) is 0 Å². The number of hydrogen-bond acceptors (Lipinski definition) is 2. The molecule has 1 aromatic carbocycles. The molecule has 1 amide bonds. The molecule has 0 aliphatic carbocycles. The lowest BCUT2D eigenvalue weighted by atomic mass is 10.2. The molecule has 0 fully saturated rings. The molecular formula is C13H11BrFNOS. The SMILES string of the molecule is CN(Cc1ccsc1)C(=O)c1ccc(Br)cc1F. The fourth-order valence-corrected chi connectivity index (χ4v) is 2.59. The molecule has 0 spiro atoms. The summed E-state index contributed by atoms with van der Waals surface area (Å²) in [5, 5.41) is 3.93. The van der Waals surface area contributed by atoms with Crippen molar-refractivity contribution >= 4 is 33.2 Å². The number of rotatable bonds is 3. The van der Waals surface area contributed by atoms with E-state index in [0.29, 0.717) is 11.0 Å². The van der Waals surface area contributed by atoms with E-state index in [1.807, 2.05) is 16.8 Å². The van der Waals surface area contributed by atoms with Crippen molar-refractivity contribution in [3.8, 4) is 0 Å². The van der Waals surface area contributed by atoms with Crippen LogP contribution in [-0.2, 0) is 6.54 Å². The van der Waals surface area contributed by atoms with Gasteiger partial charge in [0.25, 0.3) is 5.91 Å². The van der Waals surface area contributed by atoms with Gasteiger partial charge >= 0.3 is 0 Å². The minimum Gasteiger partial charge on any atom is -0.337 e. The van der Waals surface area contributed by atoms with Crippen molar-refractivity contribution in [3.05, 3.63) is 56.4 Å². The van der Waals surface area contributed by atoms with Crippen molar-refractivity contribution in [1.82, 2.24) is 4.90 Å². The van der Waals surface area contributed by atoms with Crippen LogP contribution in [0.3, 0.4) is 0 Å². The van der Waals surface area contributed by atoms with Gasteiger partial charge < -0.3 is 4.90 Å². The second kappa shape index (κ2) is 5.63. The Labute approximate surface area is 117 Å². The molecule has 94 valence electrons. The molecule has 0 N–H and O–H groups in total. The maximum atomic E-state index is 13.7. The Morgan fingerprint density at radius 1 is 1.44 bits per heavy atom. The molecule has 0 saturated carbocycles. The van der Waals surface area contributed by atoms with Gasteiger partial charge in [-0.05, 0) is 40.6 Å². The van der Waals surface area contributed by atoms with Crippen LogP contribution in [0, 0.1) is 5.82 Å². The van der Waals surface area contributed by atoms with Crippen LogP contribution in [0.4, 0.5) is 4.39 Å². The molecule has 2 rings (SSSR count). The molecule has 2 nitrogen and oxygen atoms in total. The van der Waals surface area contributed by atoms with Gasteiger partial charge in [-0.15, -0.1) is 0 Å². The third-order valence-electron chi connectivity index (χ3n) is 2.51. The van der Waals surface area contributed by atoms with Gasteiger partial charge in [0.1, 0.15) is 5.82 Å². The number of hydrogen-bond donors (Lipinski definition) is 0. The van der Waals surface area contributed by atoms with E-state index in [2.05, 4.69) is 15.9 Å². The lowest BCUT2D eigenvalue weighted by Crippen LogP contribution is -2.26. The Kier molecular flexibility index (Phi) is 4.14. The number of carbonyl (C=O) groups is 1. The molecular weight excluding hydrogens is 317 g/mol. The average molecular weight is 328 g/mol. The van der Waals surface area contributed by atoms with Gasteiger partial charge in [-0.25, -0.2) is 4.39 Å². The van der Waals surface area contributed by atoms with Crippen molar-refractivity contribution in [2.45, 2.75) is 6.54 Å². The first kappa shape index (κ1) is 13.2. The minimum atomic E-state index is -0.508. The summed E-state index contributed by atoms with van der Waals surface area (Å²) in [6.45, 7) is 0.484. The zero-order valence-electron chi connectivity index (χ0n) is 9.69. The maximum Gasteiger partial charge on any atom is 0.256 e. The molecule has 1 heterocycles. The number of benzene rings is 1. The summed E-state index contributed by atoms with van der Waals surface area (Å²) in [4.78, 5) is 13.6. The number of amides is 1. The molecule has 0 bridgehead atoms. The van der Waals surface area contributed by atoms with Gasteiger partial charge in [0.05, 0.1) is 5.56 Å². The molecule has 0 radical (unpaired) electrons. The Bertz CT molecular complexity index is 556. The van der Waals surface area contributed by atoms with Gasteiger partial charge in [0, 0.05) is 18.1 Å². The third-order valence-corrected chi connectivity index (χ3v) is 3.73. The largest absolute Gasteiger partial charge is 0.337 e. The van der Waals surface area contributed by atoms with Crippen molar-refractivity contribution < 1.29 is 9.18 Å². The Morgan fingerprint density at radius 3 is 2.83 bits per heavy atom. The van der Waals surface area contributed by atoms with Crippen LogP contribution in [0.25, 0.3) is 0 Å². The first-order valence-corrected chi connectivity index (χ1v) is 7.03. The van der Waals surface area contributed by atoms with E-state index in [0.717, 1.165) is 5.56 Å². The number of carbonyl (C=O) groups excluding carboxylic acids is 1. The highest BCUT2D eigenvalue weighted by Crippen LogP contribution is 2.17. The predicted molar refractivity (Wildman–Crippen MR) is 74.2 cm³/mol. The first-order valence-electron chi connectivity index (χ1n) is 5.29. The monoisotopic (exact) mass is 327 g/mol. The Balaban J connectivity index is 2.15. The molecule has 2 aromatic rings. The highest BCUT2D eigenvalue weighted by molar-refractivity contribution is 9.10. The minimum absolute atomic E-state index is 0.0935. The zero-order chi connectivity index (χ0) is 13.1. The first-order chi connectivity index (χ1) is 8.58. The number of nitrogens with zero attached hydrogens (tertiary/aromatic N) is 1. The summed E-state index contributed by atoms with van der Waals surface area (Å²) in [7, 11) is 1.67. The van der Waals surface area contributed by atoms with Gasteiger partial charge in [0.2, 0.25) is 0 Å². The highest BCUT2D eigenvalue weighted by atomic mass is 79.9. The number of halogens is 2. The molecule has 0 unspecified atom stereocenters. The summed E-state index contributed by atoms with van der Waals surface area (Å²) < 4.78 is 14.3. The highest BCUT2D eigenvalue weighted by Gasteiger charge is 2.16. The van der Waals surface area contributed by atoms with Crippen LogP contribution in [-0.4, -0.2) is 17.9 Å². The van der Waals surface area contributed by atoms with Crippen LogP contribution in [0.2, 0.25) is 0 Å². The molecule has 0 aliphatic rings. The van der Waals surface area contributed by atoms with E-state index in [-0.39, 0.29) is 11.5 Å². The Morgan fingerprint density at radius 2 is 2.22 bits per heavy atom. The molecule has 0 atom stereocenters. The van der Waals surface area contributed by atoms with E-state index in [4.69, 9.17) is 0 Å². The van der Waals surface area contributed by atoms with Crippen molar-refractivity contribution in [1.29, 1.82) is 0 Å². The van der Waals surface area contributed by atoms with E-state index in [9.17, 15) is 9.18 Å². The van der Waals surface area contributed by atoms with E-state index >= 15 is 0 Å². The standard InChI is InChI=1S/C13H11BrFNOS/c1-16(7-9-4-5-18-8-9)13(17)11-3-2-10(14)6-12(11)15/h2-6,8H,7H2,1H3. The van der Waals surface area contributed by atoms with Gasteiger partial charge in [-0.1, -0.05) is 15.9 Å². The molecule has 0 saturated heterocycles. The quantitative estimate of drug-likeness (QED) is 0.836. The summed E-state index contributed by atoms with van der Waals surface area (Å²) in [6.07, 6.45) is 0. The van der Waals surface area contributed by atoms with Gasteiger partial charge in [-0.3, -0.25) is 4.79 Å². The molecule has 5 heteroatoms. The fraction of sp³-hybridized carbons (Fsp3) is 0.154. The van der Waals surface area contributed by atoms with E-state index in [1.54, 1.807) is 24.5 Å². The van der Waals surface area contributed by atoms with Crippen molar-refractivity contribution in [3.63, 3.8) is 0 Å². The third kappa shape index (κ3) is 2.97. The topological polar surface area (TPSA) is 20.3 Å². The average Bonchev–Trinajstić information content (AvgIpc) is 2.81. The number of thiophene rings is 1.